The van der Waals surface area contributed by atoms with Crippen LogP contribution < -0.4 is 15.0 Å². The molecule has 0 aromatic heterocycles. The molecule has 2 fully saturated rings. The number of benzene rings is 1. The molecular weight excluding hydrogens is 274 g/mol. The molecule has 2 aliphatic heterocycles. The van der Waals surface area contributed by atoms with Gasteiger partial charge in [0.05, 0.1) is 7.11 Å². The Labute approximate surface area is 134 Å². The van der Waals surface area contributed by atoms with E-state index in [0.29, 0.717) is 0 Å². The minimum atomic E-state index is 0.982. The molecule has 0 aliphatic carbocycles. The van der Waals surface area contributed by atoms with Gasteiger partial charge in [-0.3, -0.25) is 0 Å². The Morgan fingerprint density at radius 2 is 1.82 bits per heavy atom. The number of nitrogens with one attached hydrogen (secondary N) is 1. The lowest BCUT2D eigenvalue weighted by Crippen LogP contribution is -2.44. The van der Waals surface area contributed by atoms with Crippen LogP contribution in [0.4, 0.5) is 5.69 Å². The van der Waals surface area contributed by atoms with Crippen LogP contribution in [-0.4, -0.2) is 57.8 Å². The number of anilines is 1. The molecule has 22 heavy (non-hydrogen) atoms. The summed E-state index contributed by atoms with van der Waals surface area (Å²) in [5.41, 5.74) is 2.87. The van der Waals surface area contributed by atoms with Gasteiger partial charge < -0.3 is 19.9 Å². The Morgan fingerprint density at radius 1 is 1.05 bits per heavy atom. The predicted octanol–water partition coefficient (Wildman–Crippen LogP) is 2.13. The van der Waals surface area contributed by atoms with Crippen molar-refractivity contribution in [2.24, 2.45) is 0 Å². The Hall–Kier alpha value is -1.26. The zero-order valence-electron chi connectivity index (χ0n) is 13.8. The zero-order valence-corrected chi connectivity index (χ0v) is 13.8. The third-order valence-electron chi connectivity index (χ3n) is 4.89. The van der Waals surface area contributed by atoms with Gasteiger partial charge in [0.2, 0.25) is 0 Å². The fraction of sp³-hybridized carbons (Fsp3) is 0.667. The minimum absolute atomic E-state index is 0.982. The molecule has 4 heteroatoms. The number of nitrogens with zero attached hydrogens (tertiary/aromatic N) is 2. The summed E-state index contributed by atoms with van der Waals surface area (Å²) in [5, 5.41) is 3.42. The van der Waals surface area contributed by atoms with Crippen LogP contribution in [0.3, 0.4) is 0 Å². The Morgan fingerprint density at radius 3 is 2.55 bits per heavy atom. The lowest BCUT2D eigenvalue weighted by Gasteiger charge is -2.32. The van der Waals surface area contributed by atoms with E-state index >= 15 is 0 Å². The molecule has 0 saturated carbocycles. The van der Waals surface area contributed by atoms with Crippen molar-refractivity contribution in [2.45, 2.75) is 25.7 Å². The number of ether oxygens (including phenoxy) is 1. The van der Waals surface area contributed by atoms with Crippen LogP contribution in [0.2, 0.25) is 0 Å². The highest BCUT2D eigenvalue weighted by molar-refractivity contribution is 5.56. The molecular formula is C18H29N3O. The molecule has 122 valence electrons. The molecule has 0 spiro atoms. The fourth-order valence-electron chi connectivity index (χ4n) is 3.55. The van der Waals surface area contributed by atoms with Crippen molar-refractivity contribution in [3.8, 4) is 5.75 Å². The number of hydrogen-bond acceptors (Lipinski definition) is 4. The first-order valence-electron chi connectivity index (χ1n) is 8.72. The summed E-state index contributed by atoms with van der Waals surface area (Å²) >= 11 is 0. The van der Waals surface area contributed by atoms with Crippen molar-refractivity contribution in [1.82, 2.24) is 10.2 Å². The van der Waals surface area contributed by atoms with E-state index in [-0.39, 0.29) is 0 Å². The van der Waals surface area contributed by atoms with Gasteiger partial charge in [-0.25, -0.2) is 0 Å². The smallest absolute Gasteiger partial charge is 0.119 e. The molecule has 0 bridgehead atoms. The number of hydrogen-bond donors (Lipinski definition) is 1. The number of piperazine rings is 1. The lowest BCUT2D eigenvalue weighted by atomic mass is 10.0. The van der Waals surface area contributed by atoms with Gasteiger partial charge in [0.1, 0.15) is 5.75 Å². The summed E-state index contributed by atoms with van der Waals surface area (Å²) < 4.78 is 5.45. The van der Waals surface area contributed by atoms with Crippen LogP contribution in [0.25, 0.3) is 0 Å². The molecule has 0 unspecified atom stereocenters. The highest BCUT2D eigenvalue weighted by Gasteiger charge is 2.16. The Bertz CT molecular complexity index is 465. The van der Waals surface area contributed by atoms with Gasteiger partial charge in [-0.2, -0.15) is 0 Å². The normalized spacial score (nSPS) is 20.1. The quantitative estimate of drug-likeness (QED) is 0.902. The second kappa shape index (κ2) is 7.84. The molecule has 1 N–H and O–H groups in total. The standard InChI is InChI=1S/C18H29N3O/c1-22-17-5-6-18(21-10-3-2-4-11-21)16(15-17)7-12-20-13-8-19-9-14-20/h5-6,15,19H,2-4,7-14H2,1H3. The molecule has 1 aromatic carbocycles. The molecule has 1 aromatic rings. The summed E-state index contributed by atoms with van der Waals surface area (Å²) in [5.74, 6) is 0.982. The van der Waals surface area contributed by atoms with Gasteiger partial charge in [0.25, 0.3) is 0 Å². The summed E-state index contributed by atoms with van der Waals surface area (Å²) in [6.07, 6.45) is 5.14. The maximum atomic E-state index is 5.45. The second-order valence-corrected chi connectivity index (χ2v) is 6.38. The van der Waals surface area contributed by atoms with E-state index in [9.17, 15) is 0 Å². The van der Waals surface area contributed by atoms with E-state index in [1.165, 1.54) is 56.7 Å². The van der Waals surface area contributed by atoms with Gasteiger partial charge >= 0.3 is 0 Å². The first-order valence-corrected chi connectivity index (χ1v) is 8.72. The van der Waals surface area contributed by atoms with Crippen molar-refractivity contribution in [1.29, 1.82) is 0 Å². The molecule has 0 atom stereocenters. The summed E-state index contributed by atoms with van der Waals surface area (Å²) in [4.78, 5) is 5.13. The van der Waals surface area contributed by atoms with Gasteiger partial charge in [0.15, 0.2) is 0 Å². The largest absolute Gasteiger partial charge is 0.497 e. The van der Waals surface area contributed by atoms with Crippen molar-refractivity contribution in [2.75, 3.05) is 57.8 Å². The van der Waals surface area contributed by atoms with Crippen LogP contribution >= 0.6 is 0 Å². The number of rotatable bonds is 5. The van der Waals surface area contributed by atoms with Crippen LogP contribution in [0.5, 0.6) is 5.75 Å². The topological polar surface area (TPSA) is 27.7 Å². The second-order valence-electron chi connectivity index (χ2n) is 6.38. The monoisotopic (exact) mass is 303 g/mol. The molecule has 3 rings (SSSR count). The zero-order chi connectivity index (χ0) is 15.2. The molecule has 0 radical (unpaired) electrons. The van der Waals surface area contributed by atoms with Gasteiger partial charge in [-0.1, -0.05) is 0 Å². The maximum Gasteiger partial charge on any atom is 0.119 e. The fourth-order valence-corrected chi connectivity index (χ4v) is 3.55. The van der Waals surface area contributed by atoms with Gasteiger partial charge in [-0.15, -0.1) is 0 Å². The highest BCUT2D eigenvalue weighted by atomic mass is 16.5. The molecule has 2 saturated heterocycles. The average molecular weight is 303 g/mol. The van der Waals surface area contributed by atoms with Crippen molar-refractivity contribution >= 4 is 5.69 Å². The van der Waals surface area contributed by atoms with E-state index in [0.717, 1.165) is 31.8 Å². The Kier molecular flexibility index (Phi) is 5.57. The molecule has 2 aliphatic rings. The van der Waals surface area contributed by atoms with Crippen LogP contribution in [0.1, 0.15) is 24.8 Å². The van der Waals surface area contributed by atoms with Crippen molar-refractivity contribution in [3.05, 3.63) is 23.8 Å². The minimum Gasteiger partial charge on any atom is -0.497 e. The molecule has 2 heterocycles. The molecule has 4 nitrogen and oxygen atoms in total. The van der Waals surface area contributed by atoms with Crippen LogP contribution in [0.15, 0.2) is 18.2 Å². The SMILES string of the molecule is COc1ccc(N2CCCCC2)c(CCN2CCNCC2)c1. The van der Waals surface area contributed by atoms with Crippen LogP contribution in [0, 0.1) is 0 Å². The number of methoxy groups -OCH3 is 1. The predicted molar refractivity (Wildman–Crippen MR) is 92.1 cm³/mol. The van der Waals surface area contributed by atoms with Gasteiger partial charge in [0, 0.05) is 51.5 Å². The average Bonchev–Trinajstić information content (AvgIpc) is 2.61. The summed E-state index contributed by atoms with van der Waals surface area (Å²) in [6.45, 7) is 8.13. The first kappa shape index (κ1) is 15.6. The lowest BCUT2D eigenvalue weighted by molar-refractivity contribution is 0.244. The van der Waals surface area contributed by atoms with Crippen molar-refractivity contribution in [3.63, 3.8) is 0 Å². The van der Waals surface area contributed by atoms with E-state index in [1.54, 1.807) is 7.11 Å². The number of piperidine rings is 1. The van der Waals surface area contributed by atoms with Gasteiger partial charge in [-0.05, 0) is 49.4 Å². The maximum absolute atomic E-state index is 5.45. The first-order chi connectivity index (χ1) is 10.9. The highest BCUT2D eigenvalue weighted by Crippen LogP contribution is 2.28. The van der Waals surface area contributed by atoms with Crippen molar-refractivity contribution < 1.29 is 4.74 Å². The van der Waals surface area contributed by atoms with Crippen LogP contribution in [-0.2, 0) is 6.42 Å². The molecule has 0 amide bonds. The third-order valence-corrected chi connectivity index (χ3v) is 4.89. The summed E-state index contributed by atoms with van der Waals surface area (Å²) in [6, 6.07) is 6.61. The van der Waals surface area contributed by atoms with E-state index < -0.39 is 0 Å². The Balaban J connectivity index is 1.70. The summed E-state index contributed by atoms with van der Waals surface area (Å²) in [7, 11) is 1.76. The van der Waals surface area contributed by atoms with E-state index in [2.05, 4.69) is 33.3 Å². The van der Waals surface area contributed by atoms with E-state index in [1.807, 2.05) is 0 Å². The van der Waals surface area contributed by atoms with E-state index in [4.69, 9.17) is 4.74 Å². The third kappa shape index (κ3) is 3.93.